The molecule has 0 spiro atoms. The van der Waals surface area contributed by atoms with E-state index in [0.29, 0.717) is 5.92 Å². The first-order valence-electron chi connectivity index (χ1n) is 12.7. The molecule has 3 aromatic heterocycles. The first-order valence-corrected chi connectivity index (χ1v) is 14.3. The zero-order chi connectivity index (χ0) is 25.0. The smallest absolute Gasteiger partial charge is 0.0789 e. The lowest BCUT2D eigenvalue weighted by atomic mass is 9.82. The van der Waals surface area contributed by atoms with Gasteiger partial charge < -0.3 is 0 Å². The third-order valence-electron chi connectivity index (χ3n) is 6.86. The molecule has 0 saturated heterocycles. The highest BCUT2D eigenvalue weighted by atomic mass is 32.1. The zero-order valence-electron chi connectivity index (χ0n) is 21.6. The highest BCUT2D eigenvalue weighted by Crippen LogP contribution is 2.43. The molecule has 6 rings (SSSR count). The summed E-state index contributed by atoms with van der Waals surface area (Å²) in [5.41, 5.74) is 5.12. The van der Waals surface area contributed by atoms with Crippen molar-refractivity contribution in [1.29, 1.82) is 0 Å². The predicted molar refractivity (Wildman–Crippen MR) is 161 cm³/mol. The molecule has 180 valence electrons. The third-order valence-corrected chi connectivity index (χ3v) is 9.25. The van der Waals surface area contributed by atoms with Crippen LogP contribution in [0.3, 0.4) is 0 Å². The summed E-state index contributed by atoms with van der Waals surface area (Å²) in [7, 11) is 0. The van der Waals surface area contributed by atoms with Crippen LogP contribution < -0.4 is 0 Å². The Balaban J connectivity index is 1.48. The van der Waals surface area contributed by atoms with Gasteiger partial charge in [0.1, 0.15) is 0 Å². The quantitative estimate of drug-likeness (QED) is 0.232. The maximum atomic E-state index is 4.91. The number of thiophene rings is 2. The largest absolute Gasteiger partial charge is 0.256 e. The average Bonchev–Trinajstić information content (AvgIpc) is 3.46. The first-order chi connectivity index (χ1) is 17.3. The number of hydrogen-bond donors (Lipinski definition) is 0. The molecule has 3 heteroatoms. The van der Waals surface area contributed by atoms with Crippen molar-refractivity contribution >= 4 is 53.6 Å². The highest BCUT2D eigenvalue weighted by Gasteiger charge is 2.20. The van der Waals surface area contributed by atoms with E-state index in [2.05, 4.69) is 107 Å². The van der Waals surface area contributed by atoms with Gasteiger partial charge >= 0.3 is 0 Å². The molecule has 0 aliphatic carbocycles. The van der Waals surface area contributed by atoms with E-state index in [1.165, 1.54) is 57.4 Å². The lowest BCUT2D eigenvalue weighted by Gasteiger charge is -2.22. The van der Waals surface area contributed by atoms with E-state index in [1.54, 1.807) is 0 Å². The van der Waals surface area contributed by atoms with Crippen LogP contribution in [0, 0.1) is 5.92 Å². The third kappa shape index (κ3) is 4.25. The van der Waals surface area contributed by atoms with Gasteiger partial charge in [-0.3, -0.25) is 4.98 Å². The predicted octanol–water partition coefficient (Wildman–Crippen LogP) is 10.5. The van der Waals surface area contributed by atoms with Crippen LogP contribution in [0.15, 0.2) is 79.0 Å². The van der Waals surface area contributed by atoms with Crippen molar-refractivity contribution in [3.63, 3.8) is 0 Å². The van der Waals surface area contributed by atoms with Crippen LogP contribution in [0.25, 0.3) is 52.0 Å². The molecule has 36 heavy (non-hydrogen) atoms. The molecule has 1 nitrogen and oxygen atoms in total. The van der Waals surface area contributed by atoms with E-state index in [4.69, 9.17) is 4.98 Å². The minimum absolute atomic E-state index is 0.0504. The Labute approximate surface area is 221 Å². The Bertz CT molecular complexity index is 1730. The van der Waals surface area contributed by atoms with Gasteiger partial charge in [-0.05, 0) is 81.4 Å². The maximum Gasteiger partial charge on any atom is 0.0789 e. The molecule has 0 bridgehead atoms. The Kier molecular flexibility index (Phi) is 5.74. The summed E-state index contributed by atoms with van der Waals surface area (Å²) in [6.07, 6.45) is 3.09. The maximum absolute atomic E-state index is 4.91. The van der Waals surface area contributed by atoms with Crippen molar-refractivity contribution in [2.75, 3.05) is 0 Å². The Hall–Kier alpha value is -3.01. The summed E-state index contributed by atoms with van der Waals surface area (Å²) >= 11 is 3.78. The number of hydrogen-bond acceptors (Lipinski definition) is 3. The van der Waals surface area contributed by atoms with E-state index in [-0.39, 0.29) is 5.41 Å². The van der Waals surface area contributed by atoms with Gasteiger partial charge in [-0.1, -0.05) is 71.0 Å². The Morgan fingerprint density at radius 1 is 0.750 bits per heavy atom. The van der Waals surface area contributed by atoms with Crippen LogP contribution in [-0.4, -0.2) is 4.98 Å². The molecule has 6 aromatic rings. The van der Waals surface area contributed by atoms with E-state index < -0.39 is 0 Å². The lowest BCUT2D eigenvalue weighted by Crippen LogP contribution is -2.12. The molecule has 0 saturated carbocycles. The van der Waals surface area contributed by atoms with E-state index >= 15 is 0 Å². The fraction of sp³-hybridized carbons (Fsp3) is 0.242. The van der Waals surface area contributed by atoms with Gasteiger partial charge in [0.05, 0.1) is 5.69 Å². The standard InChI is InChI=1S/C33H31NS2/c1-20(2)14-21-10-11-23-18-30(36-29(23)15-21)31-19-26-28(35-31)12-13-34-32(26)24-16-22-8-6-7-9-25(22)27(17-24)33(3,4)5/h6-13,15-20H,14H2,1-5H3. The number of fused-ring (bicyclic) bond motifs is 3. The van der Waals surface area contributed by atoms with E-state index in [0.717, 1.165) is 12.1 Å². The molecule has 3 aromatic carbocycles. The number of nitrogens with zero attached hydrogens (tertiary/aromatic N) is 1. The summed E-state index contributed by atoms with van der Waals surface area (Å²) < 4.78 is 2.67. The van der Waals surface area contributed by atoms with Crippen molar-refractivity contribution in [2.24, 2.45) is 5.92 Å². The van der Waals surface area contributed by atoms with Crippen LogP contribution >= 0.6 is 22.7 Å². The van der Waals surface area contributed by atoms with Gasteiger partial charge in [-0.25, -0.2) is 0 Å². The van der Waals surface area contributed by atoms with Crippen LogP contribution in [0.2, 0.25) is 0 Å². The summed E-state index contributed by atoms with van der Waals surface area (Å²) in [5.74, 6) is 0.671. The van der Waals surface area contributed by atoms with Crippen molar-refractivity contribution in [1.82, 2.24) is 4.98 Å². The van der Waals surface area contributed by atoms with Gasteiger partial charge in [0.2, 0.25) is 0 Å². The van der Waals surface area contributed by atoms with Crippen LogP contribution in [0.1, 0.15) is 45.7 Å². The van der Waals surface area contributed by atoms with Crippen molar-refractivity contribution in [3.8, 4) is 21.0 Å². The summed E-state index contributed by atoms with van der Waals surface area (Å²) in [4.78, 5) is 7.57. The van der Waals surface area contributed by atoms with Gasteiger partial charge in [0, 0.05) is 36.3 Å². The highest BCUT2D eigenvalue weighted by molar-refractivity contribution is 7.28. The molecule has 0 fully saturated rings. The van der Waals surface area contributed by atoms with Crippen molar-refractivity contribution in [3.05, 3.63) is 90.1 Å². The summed E-state index contributed by atoms with van der Waals surface area (Å²) in [6.45, 7) is 11.5. The molecule has 0 atom stereocenters. The second kappa shape index (κ2) is 8.83. The second-order valence-electron chi connectivity index (χ2n) is 11.3. The monoisotopic (exact) mass is 505 g/mol. The van der Waals surface area contributed by atoms with Gasteiger partial charge in [0.25, 0.3) is 0 Å². The topological polar surface area (TPSA) is 12.9 Å². The molecule has 0 aliphatic rings. The molecule has 0 amide bonds. The average molecular weight is 506 g/mol. The Morgan fingerprint density at radius 2 is 1.53 bits per heavy atom. The first kappa shape index (κ1) is 23.4. The summed E-state index contributed by atoms with van der Waals surface area (Å²) in [6, 6.07) is 27.2. The minimum atomic E-state index is 0.0504. The lowest BCUT2D eigenvalue weighted by molar-refractivity contribution is 0.596. The molecule has 3 heterocycles. The van der Waals surface area contributed by atoms with Crippen LogP contribution in [-0.2, 0) is 11.8 Å². The SMILES string of the molecule is CC(C)Cc1ccc2cc(-c3cc4c(-c5cc(C(C)(C)C)c6ccccc6c5)nccc4s3)sc2c1. The number of aromatic nitrogens is 1. The molecular weight excluding hydrogens is 475 g/mol. The van der Waals surface area contributed by atoms with E-state index in [1.807, 2.05) is 28.9 Å². The number of pyridine rings is 1. The minimum Gasteiger partial charge on any atom is -0.256 e. The van der Waals surface area contributed by atoms with Crippen LogP contribution in [0.5, 0.6) is 0 Å². The van der Waals surface area contributed by atoms with Gasteiger partial charge in [-0.2, -0.15) is 0 Å². The molecule has 0 unspecified atom stereocenters. The number of rotatable bonds is 4. The van der Waals surface area contributed by atoms with Gasteiger partial charge in [-0.15, -0.1) is 22.7 Å². The Morgan fingerprint density at radius 3 is 2.33 bits per heavy atom. The fourth-order valence-electron chi connectivity index (χ4n) is 5.18. The molecule has 0 aliphatic heterocycles. The molecule has 0 radical (unpaired) electrons. The zero-order valence-corrected chi connectivity index (χ0v) is 23.2. The normalized spacial score (nSPS) is 12.4. The van der Waals surface area contributed by atoms with E-state index in [9.17, 15) is 0 Å². The summed E-state index contributed by atoms with van der Waals surface area (Å²) in [5, 5.41) is 5.18. The molecular formula is C33H31NS2. The second-order valence-corrected chi connectivity index (χ2v) is 13.4. The van der Waals surface area contributed by atoms with Crippen molar-refractivity contribution in [2.45, 2.75) is 46.5 Å². The van der Waals surface area contributed by atoms with Gasteiger partial charge in [0.15, 0.2) is 0 Å². The number of benzene rings is 3. The van der Waals surface area contributed by atoms with Crippen molar-refractivity contribution < 1.29 is 0 Å². The fourth-order valence-corrected chi connectivity index (χ4v) is 7.43. The molecule has 0 N–H and O–H groups in total. The van der Waals surface area contributed by atoms with Crippen LogP contribution in [0.4, 0.5) is 0 Å².